The van der Waals surface area contributed by atoms with E-state index in [4.69, 9.17) is 28.7 Å². The van der Waals surface area contributed by atoms with E-state index in [-0.39, 0.29) is 42.5 Å². The number of aliphatic imine (C=N–C) groups is 1. The summed E-state index contributed by atoms with van der Waals surface area (Å²) in [6, 6.07) is 1.54. The van der Waals surface area contributed by atoms with Crippen LogP contribution in [0, 0.1) is 31.6 Å². The zero-order valence-electron chi connectivity index (χ0n) is 27.6. The molecule has 0 unspecified atom stereocenters. The van der Waals surface area contributed by atoms with Crippen LogP contribution < -0.4 is 34.0 Å². The Balaban J connectivity index is 3.23. The van der Waals surface area contributed by atoms with Gasteiger partial charge in [-0.1, -0.05) is 26.7 Å². The Hall–Kier alpha value is -3.51. The van der Waals surface area contributed by atoms with Gasteiger partial charge in [0.2, 0.25) is 11.8 Å². The molecule has 0 heterocycles. The molecule has 0 aliphatic carbocycles. The van der Waals surface area contributed by atoms with Crippen LogP contribution >= 0.6 is 0 Å². The topological polar surface area (TPSA) is 243 Å². The second-order valence-electron chi connectivity index (χ2n) is 12.6. The minimum Gasteiger partial charge on any atom is -0.508 e. The van der Waals surface area contributed by atoms with E-state index in [0.29, 0.717) is 57.5 Å². The van der Waals surface area contributed by atoms with Gasteiger partial charge in [-0.3, -0.25) is 24.2 Å². The highest BCUT2D eigenvalue weighted by Crippen LogP contribution is 2.26. The lowest BCUT2D eigenvalue weighted by molar-refractivity contribution is -0.134. The van der Waals surface area contributed by atoms with Crippen LogP contribution in [0.4, 0.5) is 0 Å². The first-order chi connectivity index (χ1) is 21.2. The molecule has 12 heteroatoms. The number of phenols is 1. The first kappa shape index (κ1) is 39.5. The van der Waals surface area contributed by atoms with Gasteiger partial charge in [-0.2, -0.15) is 0 Å². The van der Waals surface area contributed by atoms with Crippen molar-refractivity contribution < 1.29 is 24.3 Å². The van der Waals surface area contributed by atoms with Gasteiger partial charge in [-0.15, -0.1) is 0 Å². The van der Waals surface area contributed by atoms with Crippen molar-refractivity contribution in [2.24, 2.45) is 51.4 Å². The number of rotatable bonds is 23. The Morgan fingerprint density at radius 2 is 1.47 bits per heavy atom. The molecule has 45 heavy (non-hydrogen) atoms. The van der Waals surface area contributed by atoms with Crippen LogP contribution in [0.1, 0.15) is 94.7 Å². The van der Waals surface area contributed by atoms with E-state index in [1.807, 2.05) is 13.8 Å². The molecule has 0 radical (unpaired) electrons. The van der Waals surface area contributed by atoms with Crippen molar-refractivity contribution in [2.75, 3.05) is 13.1 Å². The molecule has 12 N–H and O–H groups in total. The Labute approximate surface area is 268 Å². The van der Waals surface area contributed by atoms with Gasteiger partial charge in [0.05, 0.1) is 12.1 Å². The van der Waals surface area contributed by atoms with Crippen molar-refractivity contribution >= 4 is 29.3 Å². The normalized spacial score (nSPS) is 13.9. The smallest absolute Gasteiger partial charge is 0.224 e. The van der Waals surface area contributed by atoms with Crippen LogP contribution in [0.25, 0.3) is 0 Å². The minimum atomic E-state index is -0.858. The van der Waals surface area contributed by atoms with Crippen molar-refractivity contribution in [1.82, 2.24) is 5.32 Å². The number of aryl methyl sites for hydroxylation is 2. The zero-order chi connectivity index (χ0) is 34.1. The largest absolute Gasteiger partial charge is 0.508 e. The SMILES string of the molecule is Cc1cc(O)cc(C)c1C[C@H](CC(=O)[C@H](N)CCCN=C(N)N)C(=O)N[C@@H](CCCCN)C(=O)C[C@@H](CCCC(C)C)C(N)=O. The number of phenolic OH excluding ortho intramolecular Hbond substituents is 1. The summed E-state index contributed by atoms with van der Waals surface area (Å²) < 4.78 is 0. The average Bonchev–Trinajstić information content (AvgIpc) is 2.94. The second-order valence-corrected chi connectivity index (χ2v) is 12.6. The molecule has 0 saturated carbocycles. The molecule has 1 rings (SSSR count). The van der Waals surface area contributed by atoms with Crippen LogP contribution in [0.3, 0.4) is 0 Å². The lowest BCUT2D eigenvalue weighted by atomic mass is 9.86. The number of nitrogens with one attached hydrogen (secondary N) is 1. The van der Waals surface area contributed by atoms with E-state index in [2.05, 4.69) is 24.2 Å². The van der Waals surface area contributed by atoms with E-state index >= 15 is 0 Å². The molecule has 0 bridgehead atoms. The molecule has 0 saturated heterocycles. The molecule has 2 amide bonds. The quantitative estimate of drug-likeness (QED) is 0.0530. The fourth-order valence-electron chi connectivity index (χ4n) is 5.47. The number of ketones is 2. The molecule has 0 aliphatic rings. The van der Waals surface area contributed by atoms with Gasteiger partial charge >= 0.3 is 0 Å². The third-order valence-electron chi connectivity index (χ3n) is 8.17. The van der Waals surface area contributed by atoms with Gasteiger partial charge < -0.3 is 39.1 Å². The summed E-state index contributed by atoms with van der Waals surface area (Å²) in [7, 11) is 0. The predicted molar refractivity (Wildman–Crippen MR) is 178 cm³/mol. The standard InChI is InChI=1S/C33H57N7O5/c1-20(2)9-7-10-23(31(36)44)18-30(43)28(12-5-6-13-34)40-32(45)24(17-26-21(3)15-25(41)16-22(26)4)19-29(42)27(35)11-8-14-39-33(37)38/h15-16,20,23-24,27-28,41H,5-14,17-19,34-35H2,1-4H3,(H2,36,44)(H,40,45)(H4,37,38,39)/t23-,24-,27-,28+/m1/s1. The third kappa shape index (κ3) is 15.4. The molecule has 254 valence electrons. The summed E-state index contributed by atoms with van der Waals surface area (Å²) in [4.78, 5) is 56.8. The number of carbonyl (C=O) groups is 4. The number of aromatic hydroxyl groups is 1. The van der Waals surface area contributed by atoms with E-state index in [1.165, 1.54) is 0 Å². The number of nitrogens with two attached hydrogens (primary N) is 5. The van der Waals surface area contributed by atoms with Crippen LogP contribution in [-0.4, -0.2) is 59.6 Å². The summed E-state index contributed by atoms with van der Waals surface area (Å²) >= 11 is 0. The van der Waals surface area contributed by atoms with E-state index in [1.54, 1.807) is 12.1 Å². The Bertz CT molecular complexity index is 1130. The van der Waals surface area contributed by atoms with Gasteiger partial charge in [0.1, 0.15) is 11.5 Å². The van der Waals surface area contributed by atoms with Crippen molar-refractivity contribution in [1.29, 1.82) is 0 Å². The summed E-state index contributed by atoms with van der Waals surface area (Å²) in [5.74, 6) is -2.47. The second kappa shape index (κ2) is 20.5. The van der Waals surface area contributed by atoms with Crippen molar-refractivity contribution in [2.45, 2.75) is 110 Å². The van der Waals surface area contributed by atoms with Crippen molar-refractivity contribution in [3.8, 4) is 5.75 Å². The minimum absolute atomic E-state index is 0.0421. The molecule has 12 nitrogen and oxygen atoms in total. The van der Waals surface area contributed by atoms with Crippen LogP contribution in [0.2, 0.25) is 0 Å². The number of unbranched alkanes of at least 4 members (excludes halogenated alkanes) is 1. The van der Waals surface area contributed by atoms with Gasteiger partial charge in [0, 0.05) is 31.2 Å². The van der Waals surface area contributed by atoms with E-state index in [0.717, 1.165) is 29.5 Å². The molecule has 0 spiro atoms. The van der Waals surface area contributed by atoms with Crippen LogP contribution in [-0.2, 0) is 25.6 Å². The molecule has 1 aromatic rings. The number of carbonyl (C=O) groups excluding carboxylic acids is 4. The van der Waals surface area contributed by atoms with Gasteiger partial charge in [0.15, 0.2) is 11.7 Å². The third-order valence-corrected chi connectivity index (χ3v) is 8.17. The van der Waals surface area contributed by atoms with Crippen LogP contribution in [0.15, 0.2) is 17.1 Å². The first-order valence-corrected chi connectivity index (χ1v) is 16.1. The molecule has 0 aromatic heterocycles. The van der Waals surface area contributed by atoms with Crippen LogP contribution in [0.5, 0.6) is 5.75 Å². The lowest BCUT2D eigenvalue weighted by Crippen LogP contribution is -2.46. The van der Waals surface area contributed by atoms with E-state index < -0.39 is 35.7 Å². The number of hydrogen-bond acceptors (Lipinski definition) is 8. The molecule has 1 aromatic carbocycles. The van der Waals surface area contributed by atoms with Crippen molar-refractivity contribution in [3.63, 3.8) is 0 Å². The highest BCUT2D eigenvalue weighted by molar-refractivity contribution is 5.94. The Morgan fingerprint density at radius 1 is 0.844 bits per heavy atom. The van der Waals surface area contributed by atoms with E-state index in [9.17, 15) is 24.3 Å². The highest BCUT2D eigenvalue weighted by atomic mass is 16.3. The fourth-order valence-corrected chi connectivity index (χ4v) is 5.47. The highest BCUT2D eigenvalue weighted by Gasteiger charge is 2.31. The predicted octanol–water partition coefficient (Wildman–Crippen LogP) is 2.01. The number of primary amides is 1. The monoisotopic (exact) mass is 631 g/mol. The molecular weight excluding hydrogens is 574 g/mol. The van der Waals surface area contributed by atoms with Gasteiger partial charge in [0.25, 0.3) is 0 Å². The maximum atomic E-state index is 13.9. The molecular formula is C33H57N7O5. The summed E-state index contributed by atoms with van der Waals surface area (Å²) in [5, 5.41) is 12.9. The molecule has 0 aliphatic heterocycles. The fraction of sp³-hybridized carbons (Fsp3) is 0.667. The average molecular weight is 632 g/mol. The maximum Gasteiger partial charge on any atom is 0.224 e. The number of guanidine groups is 1. The number of amides is 2. The number of nitrogens with zero attached hydrogens (tertiary/aromatic N) is 1. The number of hydrogen-bond donors (Lipinski definition) is 7. The number of Topliss-reactive ketones (excluding diaryl/α,β-unsaturated/α-hetero) is 2. The summed E-state index contributed by atoms with van der Waals surface area (Å²) in [6.07, 6.45) is 4.63. The number of benzene rings is 1. The Morgan fingerprint density at radius 3 is 2.02 bits per heavy atom. The van der Waals surface area contributed by atoms with Crippen molar-refractivity contribution in [3.05, 3.63) is 28.8 Å². The maximum absolute atomic E-state index is 13.9. The lowest BCUT2D eigenvalue weighted by Gasteiger charge is -2.25. The first-order valence-electron chi connectivity index (χ1n) is 16.1. The Kier molecular flexibility index (Phi) is 18.0. The van der Waals surface area contributed by atoms with Gasteiger partial charge in [-0.05, 0) is 100 Å². The summed E-state index contributed by atoms with van der Waals surface area (Å²) in [6.45, 7) is 8.61. The zero-order valence-corrected chi connectivity index (χ0v) is 27.6. The van der Waals surface area contributed by atoms with Gasteiger partial charge in [-0.25, -0.2) is 0 Å². The molecule has 4 atom stereocenters. The summed E-state index contributed by atoms with van der Waals surface area (Å²) in [5.41, 5.74) is 30.6. The molecule has 0 fully saturated rings.